The number of benzene rings is 1. The monoisotopic (exact) mass is 342 g/mol. The van der Waals surface area contributed by atoms with Crippen LogP contribution in [0.25, 0.3) is 0 Å². The molecular weight excluding hydrogens is 312 g/mol. The number of carbonyl (C=O) groups excluding carboxylic acids is 1. The van der Waals surface area contributed by atoms with E-state index < -0.39 is 5.41 Å². The van der Waals surface area contributed by atoms with Gasteiger partial charge in [-0.15, -0.1) is 12.4 Å². The predicted octanol–water partition coefficient (Wildman–Crippen LogP) is 3.13. The Morgan fingerprint density at radius 2 is 1.78 bits per heavy atom. The number of para-hydroxylation sites is 1. The highest BCUT2D eigenvalue weighted by molar-refractivity contribution is 5.85. The Balaban J connectivity index is 0.00000484. The first-order valence-electron chi connectivity index (χ1n) is 7.70. The molecule has 1 aromatic rings. The summed E-state index contributed by atoms with van der Waals surface area (Å²) in [5.74, 6) is 0.952. The molecule has 0 aromatic heterocycles. The third kappa shape index (κ3) is 6.04. The van der Waals surface area contributed by atoms with Gasteiger partial charge in [0.1, 0.15) is 5.75 Å². The Bertz CT molecular complexity index is 515. The molecule has 5 heteroatoms. The van der Waals surface area contributed by atoms with Gasteiger partial charge < -0.3 is 15.4 Å². The molecule has 0 bridgehead atoms. The van der Waals surface area contributed by atoms with Gasteiger partial charge in [0.15, 0.2) is 0 Å². The van der Waals surface area contributed by atoms with Gasteiger partial charge >= 0.3 is 0 Å². The highest BCUT2D eigenvalue weighted by Gasteiger charge is 2.33. The molecule has 0 unspecified atom stereocenters. The van der Waals surface area contributed by atoms with Gasteiger partial charge in [0.25, 0.3) is 0 Å². The van der Waals surface area contributed by atoms with Crippen LogP contribution in [0.5, 0.6) is 5.75 Å². The van der Waals surface area contributed by atoms with Crippen molar-refractivity contribution >= 4 is 18.3 Å². The predicted molar refractivity (Wildman–Crippen MR) is 98.2 cm³/mol. The Morgan fingerprint density at radius 1 is 1.22 bits per heavy atom. The van der Waals surface area contributed by atoms with E-state index in [-0.39, 0.29) is 23.7 Å². The second kappa shape index (κ2) is 8.55. The van der Waals surface area contributed by atoms with E-state index in [0.29, 0.717) is 19.5 Å². The molecule has 0 aliphatic carbocycles. The number of ether oxygens (including phenoxy) is 1. The molecule has 0 fully saturated rings. The number of rotatable bonds is 7. The third-order valence-corrected chi connectivity index (χ3v) is 3.97. The molecule has 0 atom stereocenters. The van der Waals surface area contributed by atoms with Gasteiger partial charge in [-0.05, 0) is 30.0 Å². The van der Waals surface area contributed by atoms with Crippen LogP contribution in [0.4, 0.5) is 0 Å². The first-order valence-corrected chi connectivity index (χ1v) is 7.70. The molecule has 4 nitrogen and oxygen atoms in total. The highest BCUT2D eigenvalue weighted by Crippen LogP contribution is 2.30. The smallest absolute Gasteiger partial charge is 0.228 e. The summed E-state index contributed by atoms with van der Waals surface area (Å²) in [6.45, 7) is 9.31. The van der Waals surface area contributed by atoms with Gasteiger partial charge in [0.2, 0.25) is 5.91 Å². The first kappa shape index (κ1) is 21.7. The highest BCUT2D eigenvalue weighted by atomic mass is 35.5. The van der Waals surface area contributed by atoms with Crippen molar-refractivity contribution in [3.05, 3.63) is 29.8 Å². The lowest BCUT2D eigenvalue weighted by Crippen LogP contribution is -2.45. The number of hydrogen-bond acceptors (Lipinski definition) is 3. The Hall–Kier alpha value is -1.26. The summed E-state index contributed by atoms with van der Waals surface area (Å²) in [7, 11) is 3.51. The van der Waals surface area contributed by atoms with Crippen LogP contribution < -0.4 is 10.5 Å². The standard InChI is InChI=1S/C18H30N2O2.ClH/c1-17(2,12-19)13-20(5)16(21)18(3,4)11-14-9-7-8-10-15(14)22-6;/h7-10H,11-13,19H2,1-6H3;1H. The largest absolute Gasteiger partial charge is 0.496 e. The van der Waals surface area contributed by atoms with Crippen molar-refractivity contribution in [1.82, 2.24) is 4.90 Å². The number of nitrogens with zero attached hydrogens (tertiary/aromatic N) is 1. The van der Waals surface area contributed by atoms with Crippen LogP contribution in [0.3, 0.4) is 0 Å². The zero-order valence-electron chi connectivity index (χ0n) is 15.2. The number of halogens is 1. The van der Waals surface area contributed by atoms with Gasteiger partial charge in [-0.2, -0.15) is 0 Å². The van der Waals surface area contributed by atoms with Crippen LogP contribution in [0, 0.1) is 10.8 Å². The van der Waals surface area contributed by atoms with E-state index in [4.69, 9.17) is 10.5 Å². The quantitative estimate of drug-likeness (QED) is 0.828. The molecule has 0 aliphatic heterocycles. The lowest BCUT2D eigenvalue weighted by molar-refractivity contribution is -0.140. The number of nitrogens with two attached hydrogens (primary N) is 1. The zero-order valence-corrected chi connectivity index (χ0v) is 16.0. The average molecular weight is 343 g/mol. The Morgan fingerprint density at radius 3 is 2.30 bits per heavy atom. The van der Waals surface area contributed by atoms with E-state index in [1.807, 2.05) is 45.2 Å². The lowest BCUT2D eigenvalue weighted by atomic mass is 9.83. The second-order valence-electron chi connectivity index (χ2n) is 7.40. The molecule has 0 aliphatic rings. The molecule has 0 radical (unpaired) electrons. The number of carbonyl (C=O) groups is 1. The summed E-state index contributed by atoms with van der Waals surface area (Å²) in [5.41, 5.74) is 6.25. The summed E-state index contributed by atoms with van der Waals surface area (Å²) in [6.07, 6.45) is 0.642. The van der Waals surface area contributed by atoms with Crippen LogP contribution in [0.1, 0.15) is 33.3 Å². The SMILES string of the molecule is COc1ccccc1CC(C)(C)C(=O)N(C)CC(C)(C)CN.Cl. The normalized spacial score (nSPS) is 11.6. The van der Waals surface area contributed by atoms with E-state index in [2.05, 4.69) is 13.8 Å². The van der Waals surface area contributed by atoms with E-state index in [1.165, 1.54) is 0 Å². The van der Waals surface area contributed by atoms with Gasteiger partial charge in [-0.1, -0.05) is 45.9 Å². The number of methoxy groups -OCH3 is 1. The fourth-order valence-electron chi connectivity index (χ4n) is 2.70. The molecule has 132 valence electrons. The maximum absolute atomic E-state index is 12.8. The van der Waals surface area contributed by atoms with Crippen molar-refractivity contribution < 1.29 is 9.53 Å². The van der Waals surface area contributed by atoms with Crippen LogP contribution in [0.15, 0.2) is 24.3 Å². The Kier molecular flexibility index (Phi) is 8.08. The van der Waals surface area contributed by atoms with Gasteiger partial charge in [0, 0.05) is 19.0 Å². The lowest BCUT2D eigenvalue weighted by Gasteiger charge is -2.34. The molecule has 1 rings (SSSR count). The minimum atomic E-state index is -0.492. The topological polar surface area (TPSA) is 55.6 Å². The van der Waals surface area contributed by atoms with Crippen LogP contribution in [-0.4, -0.2) is 38.1 Å². The molecule has 2 N–H and O–H groups in total. The molecule has 0 spiro atoms. The van der Waals surface area contributed by atoms with Crippen LogP contribution in [0.2, 0.25) is 0 Å². The molecular formula is C18H31ClN2O2. The molecule has 23 heavy (non-hydrogen) atoms. The van der Waals surface area contributed by atoms with Crippen molar-refractivity contribution in [2.24, 2.45) is 16.6 Å². The van der Waals surface area contributed by atoms with Gasteiger partial charge in [-0.3, -0.25) is 4.79 Å². The van der Waals surface area contributed by atoms with Crippen molar-refractivity contribution in [3.8, 4) is 5.75 Å². The van der Waals surface area contributed by atoms with Gasteiger partial charge in [-0.25, -0.2) is 0 Å². The molecule has 0 heterocycles. The third-order valence-electron chi connectivity index (χ3n) is 3.97. The second-order valence-corrected chi connectivity index (χ2v) is 7.40. The zero-order chi connectivity index (χ0) is 17.0. The van der Waals surface area contributed by atoms with Crippen molar-refractivity contribution in [3.63, 3.8) is 0 Å². The number of amides is 1. The summed E-state index contributed by atoms with van der Waals surface area (Å²) in [5, 5.41) is 0. The van der Waals surface area contributed by atoms with E-state index in [1.54, 1.807) is 12.0 Å². The summed E-state index contributed by atoms with van der Waals surface area (Å²) >= 11 is 0. The van der Waals surface area contributed by atoms with E-state index >= 15 is 0 Å². The Labute approximate surface area is 146 Å². The van der Waals surface area contributed by atoms with Crippen molar-refractivity contribution in [1.29, 1.82) is 0 Å². The van der Waals surface area contributed by atoms with E-state index in [0.717, 1.165) is 11.3 Å². The number of hydrogen-bond donors (Lipinski definition) is 1. The first-order chi connectivity index (χ1) is 10.1. The summed E-state index contributed by atoms with van der Waals surface area (Å²) < 4.78 is 5.39. The van der Waals surface area contributed by atoms with E-state index in [9.17, 15) is 4.79 Å². The maximum atomic E-state index is 12.8. The molecule has 1 amide bonds. The fraction of sp³-hybridized carbons (Fsp3) is 0.611. The summed E-state index contributed by atoms with van der Waals surface area (Å²) in [4.78, 5) is 14.6. The van der Waals surface area contributed by atoms with Crippen LogP contribution in [-0.2, 0) is 11.2 Å². The molecule has 0 saturated heterocycles. The molecule has 1 aromatic carbocycles. The van der Waals surface area contributed by atoms with Gasteiger partial charge in [0.05, 0.1) is 7.11 Å². The summed E-state index contributed by atoms with van der Waals surface area (Å²) in [6, 6.07) is 7.85. The van der Waals surface area contributed by atoms with Crippen molar-refractivity contribution in [2.45, 2.75) is 34.1 Å². The fourth-order valence-corrected chi connectivity index (χ4v) is 2.70. The average Bonchev–Trinajstić information content (AvgIpc) is 2.46. The van der Waals surface area contributed by atoms with Crippen LogP contribution >= 0.6 is 12.4 Å². The molecule has 0 saturated carbocycles. The minimum Gasteiger partial charge on any atom is -0.496 e. The minimum absolute atomic E-state index is 0. The van der Waals surface area contributed by atoms with Crippen molar-refractivity contribution in [2.75, 3.05) is 27.2 Å². The maximum Gasteiger partial charge on any atom is 0.228 e.